The van der Waals surface area contributed by atoms with Crippen molar-refractivity contribution < 1.29 is 0 Å². The van der Waals surface area contributed by atoms with Gasteiger partial charge in [0.1, 0.15) is 5.82 Å². The van der Waals surface area contributed by atoms with E-state index in [1.54, 1.807) is 0 Å². The van der Waals surface area contributed by atoms with Crippen LogP contribution in [0.2, 0.25) is 5.02 Å². The molecule has 122 valence electrons. The molecule has 1 saturated carbocycles. The fourth-order valence-electron chi connectivity index (χ4n) is 3.34. The van der Waals surface area contributed by atoms with Crippen molar-refractivity contribution in [2.24, 2.45) is 0 Å². The summed E-state index contributed by atoms with van der Waals surface area (Å²) in [5.41, 5.74) is 8.98. The molecule has 4 nitrogen and oxygen atoms in total. The number of fused-ring (bicyclic) bond motifs is 1. The molecule has 1 fully saturated rings. The molecule has 1 heterocycles. The summed E-state index contributed by atoms with van der Waals surface area (Å²) in [7, 11) is 0. The second-order valence-corrected chi connectivity index (χ2v) is 6.73. The van der Waals surface area contributed by atoms with Crippen LogP contribution in [0, 0.1) is 0 Å². The number of hydrogen-bond donors (Lipinski definition) is 2. The molecule has 0 unspecified atom stereocenters. The summed E-state index contributed by atoms with van der Waals surface area (Å²) in [6, 6.07) is 14.5. The number of nitrogens with one attached hydrogen (secondary N) is 1. The normalized spacial score (nSPS) is 15.0. The molecule has 0 atom stereocenters. The van der Waals surface area contributed by atoms with Crippen LogP contribution in [0.5, 0.6) is 0 Å². The van der Waals surface area contributed by atoms with Gasteiger partial charge in [-0.2, -0.15) is 4.98 Å². The highest BCUT2D eigenvalue weighted by atomic mass is 35.5. The summed E-state index contributed by atoms with van der Waals surface area (Å²) in [5, 5.41) is 5.30. The molecule has 0 bridgehead atoms. The number of nitrogens with two attached hydrogens (primary N) is 1. The predicted molar refractivity (Wildman–Crippen MR) is 100 cm³/mol. The van der Waals surface area contributed by atoms with Crippen LogP contribution in [-0.4, -0.2) is 16.0 Å². The highest BCUT2D eigenvalue weighted by Gasteiger charge is 2.17. The van der Waals surface area contributed by atoms with Crippen molar-refractivity contribution in [1.82, 2.24) is 9.97 Å². The predicted octanol–water partition coefficient (Wildman–Crippen LogP) is 4.89. The van der Waals surface area contributed by atoms with Gasteiger partial charge in [-0.05, 0) is 48.2 Å². The molecule has 0 aliphatic heterocycles. The highest BCUT2D eigenvalue weighted by Crippen LogP contribution is 2.30. The summed E-state index contributed by atoms with van der Waals surface area (Å²) in [6.07, 6.45) is 4.91. The van der Waals surface area contributed by atoms with E-state index in [0.29, 0.717) is 12.0 Å². The van der Waals surface area contributed by atoms with Gasteiger partial charge < -0.3 is 11.1 Å². The summed E-state index contributed by atoms with van der Waals surface area (Å²) in [5.74, 6) is 1.14. The van der Waals surface area contributed by atoms with Gasteiger partial charge in [0, 0.05) is 16.5 Å². The first-order chi connectivity index (χ1) is 11.7. The van der Waals surface area contributed by atoms with E-state index in [4.69, 9.17) is 17.3 Å². The van der Waals surface area contributed by atoms with Gasteiger partial charge in [0.15, 0.2) is 0 Å². The number of anilines is 2. The van der Waals surface area contributed by atoms with Gasteiger partial charge in [-0.15, -0.1) is 0 Å². The summed E-state index contributed by atoms with van der Waals surface area (Å²) in [4.78, 5) is 8.81. The van der Waals surface area contributed by atoms with Crippen molar-refractivity contribution in [3.8, 4) is 11.1 Å². The summed E-state index contributed by atoms with van der Waals surface area (Å²) >= 11 is 5.99. The third kappa shape index (κ3) is 3.02. The molecule has 0 radical (unpaired) electrons. The topological polar surface area (TPSA) is 63.8 Å². The van der Waals surface area contributed by atoms with Crippen LogP contribution in [0.3, 0.4) is 0 Å². The fraction of sp³-hybridized carbons (Fsp3) is 0.263. The Morgan fingerprint density at radius 1 is 0.958 bits per heavy atom. The zero-order valence-electron chi connectivity index (χ0n) is 13.3. The Balaban J connectivity index is 1.78. The van der Waals surface area contributed by atoms with Crippen LogP contribution >= 0.6 is 11.6 Å². The Bertz CT molecular complexity index is 870. The Labute approximate surface area is 146 Å². The van der Waals surface area contributed by atoms with Crippen molar-refractivity contribution in [2.75, 3.05) is 11.1 Å². The molecule has 0 amide bonds. The van der Waals surface area contributed by atoms with Crippen LogP contribution in [0.4, 0.5) is 11.8 Å². The van der Waals surface area contributed by atoms with E-state index in [2.05, 4.69) is 27.4 Å². The van der Waals surface area contributed by atoms with E-state index in [1.165, 1.54) is 25.7 Å². The van der Waals surface area contributed by atoms with Gasteiger partial charge >= 0.3 is 0 Å². The van der Waals surface area contributed by atoms with Gasteiger partial charge in [0.25, 0.3) is 0 Å². The molecule has 5 heteroatoms. The van der Waals surface area contributed by atoms with Crippen molar-refractivity contribution in [3.05, 3.63) is 47.5 Å². The molecular weight excluding hydrogens is 320 g/mol. The molecule has 4 rings (SSSR count). The molecule has 0 saturated heterocycles. The lowest BCUT2D eigenvalue weighted by molar-refractivity contribution is 0.752. The molecule has 1 aromatic heterocycles. The molecule has 0 spiro atoms. The number of benzene rings is 2. The molecule has 3 aromatic rings. The van der Waals surface area contributed by atoms with Crippen LogP contribution in [-0.2, 0) is 0 Å². The Morgan fingerprint density at radius 3 is 2.42 bits per heavy atom. The average molecular weight is 339 g/mol. The summed E-state index contributed by atoms with van der Waals surface area (Å²) < 4.78 is 0. The van der Waals surface area contributed by atoms with E-state index in [-0.39, 0.29) is 0 Å². The Hall–Kier alpha value is -2.33. The van der Waals surface area contributed by atoms with Crippen molar-refractivity contribution in [3.63, 3.8) is 0 Å². The zero-order chi connectivity index (χ0) is 16.5. The maximum absolute atomic E-state index is 5.99. The van der Waals surface area contributed by atoms with E-state index in [1.807, 2.05) is 30.3 Å². The van der Waals surface area contributed by atoms with Crippen LogP contribution in [0.25, 0.3) is 22.0 Å². The van der Waals surface area contributed by atoms with Crippen LogP contribution in [0.15, 0.2) is 42.5 Å². The Morgan fingerprint density at radius 2 is 1.67 bits per heavy atom. The third-order valence-electron chi connectivity index (χ3n) is 4.59. The minimum Gasteiger partial charge on any atom is -0.368 e. The van der Waals surface area contributed by atoms with Crippen LogP contribution < -0.4 is 11.1 Å². The molecule has 1 aliphatic rings. The first-order valence-corrected chi connectivity index (χ1v) is 8.66. The molecule has 24 heavy (non-hydrogen) atoms. The van der Waals surface area contributed by atoms with E-state index >= 15 is 0 Å². The van der Waals surface area contributed by atoms with E-state index in [9.17, 15) is 0 Å². The van der Waals surface area contributed by atoms with Crippen molar-refractivity contribution in [2.45, 2.75) is 31.7 Å². The lowest BCUT2D eigenvalue weighted by atomic mass is 10.0. The van der Waals surface area contributed by atoms with Gasteiger partial charge in [0.2, 0.25) is 5.95 Å². The monoisotopic (exact) mass is 338 g/mol. The maximum Gasteiger partial charge on any atom is 0.222 e. The average Bonchev–Trinajstić information content (AvgIpc) is 3.08. The quantitative estimate of drug-likeness (QED) is 0.713. The SMILES string of the molecule is Nc1nc(NC2CCCC2)c2cc(-c3ccc(Cl)cc3)ccc2n1. The van der Waals surface area contributed by atoms with Gasteiger partial charge in [-0.25, -0.2) is 4.98 Å². The fourth-order valence-corrected chi connectivity index (χ4v) is 3.47. The third-order valence-corrected chi connectivity index (χ3v) is 4.84. The van der Waals surface area contributed by atoms with Gasteiger partial charge in [-0.3, -0.25) is 0 Å². The minimum absolute atomic E-state index is 0.308. The highest BCUT2D eigenvalue weighted by molar-refractivity contribution is 6.30. The first kappa shape index (κ1) is 15.2. The number of nitrogen functional groups attached to an aromatic ring is 1. The summed E-state index contributed by atoms with van der Waals surface area (Å²) in [6.45, 7) is 0. The molecule has 1 aliphatic carbocycles. The van der Waals surface area contributed by atoms with Gasteiger partial charge in [-0.1, -0.05) is 42.6 Å². The smallest absolute Gasteiger partial charge is 0.222 e. The maximum atomic E-state index is 5.99. The lowest BCUT2D eigenvalue weighted by Crippen LogP contribution is -2.16. The number of hydrogen-bond acceptors (Lipinski definition) is 4. The second-order valence-electron chi connectivity index (χ2n) is 6.29. The molecular formula is C19H19ClN4. The van der Waals surface area contributed by atoms with E-state index in [0.717, 1.165) is 32.9 Å². The zero-order valence-corrected chi connectivity index (χ0v) is 14.1. The first-order valence-electron chi connectivity index (χ1n) is 8.29. The molecule has 2 aromatic carbocycles. The van der Waals surface area contributed by atoms with Crippen molar-refractivity contribution in [1.29, 1.82) is 0 Å². The number of halogens is 1. The standard InChI is InChI=1S/C19H19ClN4/c20-14-8-5-12(6-9-14)13-7-10-17-16(11-13)18(24-19(21)23-17)22-15-3-1-2-4-15/h5-11,15H,1-4H2,(H3,21,22,23,24). The lowest BCUT2D eigenvalue weighted by Gasteiger charge is -2.15. The number of nitrogens with zero attached hydrogens (tertiary/aromatic N) is 2. The number of aromatic nitrogens is 2. The van der Waals surface area contributed by atoms with Gasteiger partial charge in [0.05, 0.1) is 5.52 Å². The second kappa shape index (κ2) is 6.29. The minimum atomic E-state index is 0.308. The largest absolute Gasteiger partial charge is 0.368 e. The Kier molecular flexibility index (Phi) is 3.98. The van der Waals surface area contributed by atoms with Crippen LogP contribution in [0.1, 0.15) is 25.7 Å². The van der Waals surface area contributed by atoms with Crippen molar-refractivity contribution >= 4 is 34.3 Å². The van der Waals surface area contributed by atoms with E-state index < -0.39 is 0 Å². The number of rotatable bonds is 3. The molecule has 3 N–H and O–H groups in total.